The van der Waals surface area contributed by atoms with Gasteiger partial charge in [0.2, 0.25) is 5.78 Å². The van der Waals surface area contributed by atoms with E-state index in [2.05, 4.69) is 5.32 Å². The number of benzene rings is 2. The normalized spacial score (nSPS) is 11.5. The molecule has 1 amide bonds. The molecule has 0 aliphatic heterocycles. The number of hydrogen-bond donors (Lipinski definition) is 1. The zero-order chi connectivity index (χ0) is 20.1. The molecule has 6 nitrogen and oxygen atoms in total. The van der Waals surface area contributed by atoms with E-state index in [9.17, 15) is 14.4 Å². The van der Waals surface area contributed by atoms with Crippen LogP contribution in [0.25, 0.3) is 0 Å². The predicted molar refractivity (Wildman–Crippen MR) is 104 cm³/mol. The molecule has 0 fully saturated rings. The number of Topliss-reactive ketones (excluding diaryl/α,β-unsaturated/α-hetero) is 1. The van der Waals surface area contributed by atoms with Crippen LogP contribution in [0.3, 0.4) is 0 Å². The molecule has 2 aromatic carbocycles. The topological polar surface area (TPSA) is 85.6 Å². The number of amides is 1. The molecule has 1 atom stereocenters. The van der Waals surface area contributed by atoms with Crippen molar-refractivity contribution in [3.8, 4) is 0 Å². The third-order valence-electron chi connectivity index (χ3n) is 3.91. The summed E-state index contributed by atoms with van der Waals surface area (Å²) in [6, 6.07) is 15.6. The summed E-state index contributed by atoms with van der Waals surface area (Å²) in [5.41, 5.74) is 1.15. The van der Waals surface area contributed by atoms with Crippen molar-refractivity contribution in [1.82, 2.24) is 0 Å². The number of nitrogens with one attached hydrogen (secondary N) is 1. The first-order valence-corrected chi connectivity index (χ1v) is 8.77. The van der Waals surface area contributed by atoms with Gasteiger partial charge in [-0.15, -0.1) is 0 Å². The van der Waals surface area contributed by atoms with E-state index in [4.69, 9.17) is 20.8 Å². The summed E-state index contributed by atoms with van der Waals surface area (Å²) in [4.78, 5) is 36.5. The Morgan fingerprint density at radius 1 is 0.964 bits per heavy atom. The molecule has 0 spiro atoms. The summed E-state index contributed by atoms with van der Waals surface area (Å²) in [5, 5.41) is 3.16. The molecule has 28 heavy (non-hydrogen) atoms. The second kappa shape index (κ2) is 8.54. The summed E-state index contributed by atoms with van der Waals surface area (Å²) in [5.74, 6) is -1.19. The van der Waals surface area contributed by atoms with E-state index in [1.165, 1.54) is 25.3 Å². The van der Waals surface area contributed by atoms with Crippen molar-refractivity contribution in [3.63, 3.8) is 0 Å². The second-order valence-corrected chi connectivity index (χ2v) is 6.36. The lowest BCUT2D eigenvalue weighted by molar-refractivity contribution is 0.0319. The highest BCUT2D eigenvalue weighted by Crippen LogP contribution is 2.15. The third-order valence-corrected chi connectivity index (χ3v) is 4.16. The van der Waals surface area contributed by atoms with Crippen LogP contribution in [0.5, 0.6) is 0 Å². The number of ether oxygens (including phenoxy) is 1. The van der Waals surface area contributed by atoms with Gasteiger partial charge in [0.05, 0.1) is 11.8 Å². The zero-order valence-electron chi connectivity index (χ0n) is 14.8. The Labute approximate surface area is 166 Å². The minimum atomic E-state index is -0.952. The summed E-state index contributed by atoms with van der Waals surface area (Å²) in [6.45, 7) is 1.51. The van der Waals surface area contributed by atoms with Gasteiger partial charge in [0.15, 0.2) is 11.9 Å². The van der Waals surface area contributed by atoms with E-state index in [-0.39, 0.29) is 17.1 Å². The van der Waals surface area contributed by atoms with Gasteiger partial charge in [-0.2, -0.15) is 0 Å². The van der Waals surface area contributed by atoms with Crippen LogP contribution in [-0.4, -0.2) is 23.8 Å². The van der Waals surface area contributed by atoms with Crippen molar-refractivity contribution in [1.29, 1.82) is 0 Å². The molecule has 0 saturated carbocycles. The van der Waals surface area contributed by atoms with Crippen molar-refractivity contribution >= 4 is 34.9 Å². The van der Waals surface area contributed by atoms with Crippen LogP contribution in [-0.2, 0) is 4.74 Å². The first-order chi connectivity index (χ1) is 13.4. The number of halogens is 1. The largest absolute Gasteiger partial charge is 0.459 e. The molecule has 142 valence electrons. The lowest BCUT2D eigenvalue weighted by Crippen LogP contribution is -2.24. The van der Waals surface area contributed by atoms with E-state index < -0.39 is 18.0 Å². The van der Waals surface area contributed by atoms with E-state index >= 15 is 0 Å². The van der Waals surface area contributed by atoms with Crippen LogP contribution in [0.4, 0.5) is 5.69 Å². The number of anilines is 1. The van der Waals surface area contributed by atoms with E-state index in [0.717, 1.165) is 0 Å². The van der Waals surface area contributed by atoms with Gasteiger partial charge >= 0.3 is 5.97 Å². The van der Waals surface area contributed by atoms with Gasteiger partial charge in [-0.05, 0) is 67.6 Å². The molecule has 0 radical (unpaired) electrons. The fourth-order valence-corrected chi connectivity index (χ4v) is 2.55. The molecule has 0 unspecified atom stereocenters. The average Bonchev–Trinajstić information content (AvgIpc) is 3.23. The summed E-state index contributed by atoms with van der Waals surface area (Å²) in [6.07, 6.45) is 0.451. The first-order valence-electron chi connectivity index (χ1n) is 8.40. The smallest absolute Gasteiger partial charge is 0.338 e. The minimum absolute atomic E-state index is 0.179. The third kappa shape index (κ3) is 4.66. The minimum Gasteiger partial charge on any atom is -0.459 e. The Kier molecular flexibility index (Phi) is 5.91. The standard InChI is InChI=1S/C21H16ClNO5/c1-13(19(24)14-4-8-16(22)9-5-14)28-21(26)15-6-10-17(11-7-15)23-20(25)18-3-2-12-27-18/h2-13H,1H3,(H,23,25)/t13-/m0/s1. The highest BCUT2D eigenvalue weighted by molar-refractivity contribution is 6.30. The van der Waals surface area contributed by atoms with Crippen LogP contribution in [0.15, 0.2) is 71.3 Å². The first kappa shape index (κ1) is 19.4. The molecule has 0 aliphatic carbocycles. The number of carbonyl (C=O) groups is 3. The maximum absolute atomic E-state index is 12.3. The average molecular weight is 398 g/mol. The lowest BCUT2D eigenvalue weighted by atomic mass is 10.1. The van der Waals surface area contributed by atoms with Crippen molar-refractivity contribution in [2.75, 3.05) is 5.32 Å². The Morgan fingerprint density at radius 2 is 1.61 bits per heavy atom. The number of furan rings is 1. The van der Waals surface area contributed by atoms with Gasteiger partial charge in [0, 0.05) is 16.3 Å². The predicted octanol–water partition coefficient (Wildman–Crippen LogP) is 4.61. The highest BCUT2D eigenvalue weighted by Gasteiger charge is 2.20. The van der Waals surface area contributed by atoms with E-state index in [0.29, 0.717) is 16.3 Å². The molecular formula is C21H16ClNO5. The lowest BCUT2D eigenvalue weighted by Gasteiger charge is -2.13. The Morgan fingerprint density at radius 3 is 2.21 bits per heavy atom. The quantitative estimate of drug-likeness (QED) is 0.484. The maximum Gasteiger partial charge on any atom is 0.338 e. The number of ketones is 1. The molecule has 3 aromatic rings. The summed E-state index contributed by atoms with van der Waals surface area (Å²) in [7, 11) is 0. The van der Waals surface area contributed by atoms with Gasteiger partial charge < -0.3 is 14.5 Å². The molecule has 1 heterocycles. The number of esters is 1. The number of hydrogen-bond acceptors (Lipinski definition) is 5. The molecule has 0 bridgehead atoms. The summed E-state index contributed by atoms with van der Waals surface area (Å²) < 4.78 is 10.3. The molecule has 0 aliphatic rings. The van der Waals surface area contributed by atoms with Gasteiger partial charge in [-0.3, -0.25) is 9.59 Å². The maximum atomic E-state index is 12.3. The Bertz CT molecular complexity index is 979. The zero-order valence-corrected chi connectivity index (χ0v) is 15.6. The molecule has 7 heteroatoms. The van der Waals surface area contributed by atoms with Crippen molar-refractivity contribution in [2.45, 2.75) is 13.0 Å². The summed E-state index contributed by atoms with van der Waals surface area (Å²) >= 11 is 5.81. The molecular weight excluding hydrogens is 382 g/mol. The van der Waals surface area contributed by atoms with Crippen molar-refractivity contribution < 1.29 is 23.5 Å². The van der Waals surface area contributed by atoms with Gasteiger partial charge in [0.25, 0.3) is 5.91 Å². The van der Waals surface area contributed by atoms with E-state index in [1.807, 2.05) is 0 Å². The van der Waals surface area contributed by atoms with Crippen LogP contribution in [0.1, 0.15) is 38.2 Å². The molecule has 0 saturated heterocycles. The van der Waals surface area contributed by atoms with Crippen molar-refractivity contribution in [3.05, 3.63) is 88.8 Å². The van der Waals surface area contributed by atoms with Crippen LogP contribution >= 0.6 is 11.6 Å². The number of rotatable bonds is 6. The monoisotopic (exact) mass is 397 g/mol. The highest BCUT2D eigenvalue weighted by atomic mass is 35.5. The van der Waals surface area contributed by atoms with Gasteiger partial charge in [-0.1, -0.05) is 11.6 Å². The SMILES string of the molecule is C[C@H](OC(=O)c1ccc(NC(=O)c2ccco2)cc1)C(=O)c1ccc(Cl)cc1. The Hall–Kier alpha value is -3.38. The second-order valence-electron chi connectivity index (χ2n) is 5.93. The van der Waals surface area contributed by atoms with Gasteiger partial charge in [0.1, 0.15) is 0 Å². The van der Waals surface area contributed by atoms with Crippen LogP contribution < -0.4 is 5.32 Å². The number of carbonyl (C=O) groups excluding carboxylic acids is 3. The van der Waals surface area contributed by atoms with E-state index in [1.54, 1.807) is 48.5 Å². The molecule has 1 aromatic heterocycles. The Balaban J connectivity index is 1.60. The van der Waals surface area contributed by atoms with Crippen LogP contribution in [0, 0.1) is 0 Å². The van der Waals surface area contributed by atoms with Gasteiger partial charge in [-0.25, -0.2) is 4.79 Å². The molecule has 1 N–H and O–H groups in total. The van der Waals surface area contributed by atoms with Crippen molar-refractivity contribution in [2.24, 2.45) is 0 Å². The fraction of sp³-hybridized carbons (Fsp3) is 0.0952. The fourth-order valence-electron chi connectivity index (χ4n) is 2.42. The molecule has 3 rings (SSSR count). The van der Waals surface area contributed by atoms with Crippen LogP contribution in [0.2, 0.25) is 5.02 Å².